The van der Waals surface area contributed by atoms with Gasteiger partial charge in [-0.25, -0.2) is 0 Å². The predicted octanol–water partition coefficient (Wildman–Crippen LogP) is 4.73. The van der Waals surface area contributed by atoms with Crippen molar-refractivity contribution in [3.8, 4) is 11.5 Å². The number of ether oxygens (including phenoxy) is 3. The quantitative estimate of drug-likeness (QED) is 0.515. The molecule has 208 valence electrons. The van der Waals surface area contributed by atoms with Crippen molar-refractivity contribution in [2.45, 2.75) is 39.0 Å². The molecule has 1 spiro atoms. The van der Waals surface area contributed by atoms with Gasteiger partial charge in [0.2, 0.25) is 0 Å². The van der Waals surface area contributed by atoms with E-state index in [9.17, 15) is 9.59 Å². The summed E-state index contributed by atoms with van der Waals surface area (Å²) in [5.41, 5.74) is 3.21. The van der Waals surface area contributed by atoms with Crippen molar-refractivity contribution in [2.75, 3.05) is 46.6 Å². The fourth-order valence-corrected chi connectivity index (χ4v) is 5.99. The molecular formula is C31H39N3O5. The first-order valence-corrected chi connectivity index (χ1v) is 13.9. The Morgan fingerprint density at radius 3 is 2.64 bits per heavy atom. The number of likely N-dealkylation sites (tertiary alicyclic amines) is 1. The van der Waals surface area contributed by atoms with Gasteiger partial charge in [-0.1, -0.05) is 18.6 Å². The molecule has 3 aromatic rings. The van der Waals surface area contributed by atoms with Gasteiger partial charge in [0.25, 0.3) is 11.8 Å². The standard InChI is InChI=1S/C31H39N3O5/c1-22-25-20-23(37-3)10-11-26(25)33(2)28(22)30(36)34-16-13-31(14-17-34)12-6-7-18-38-19-15-32-29(35)24-8-4-5-9-27(24)39-21-31/h4-5,8-11,20H,6-7,12-19,21H2,1-3H3,(H,32,35). The van der Waals surface area contributed by atoms with Crippen LogP contribution in [0.25, 0.3) is 10.9 Å². The van der Waals surface area contributed by atoms with Gasteiger partial charge in [-0.3, -0.25) is 9.59 Å². The minimum absolute atomic E-state index is 0.0637. The third kappa shape index (κ3) is 5.62. The zero-order chi connectivity index (χ0) is 27.4. The third-order valence-electron chi connectivity index (χ3n) is 8.42. The number of aromatic nitrogens is 1. The second-order valence-electron chi connectivity index (χ2n) is 10.8. The van der Waals surface area contributed by atoms with Crippen LogP contribution in [0.4, 0.5) is 0 Å². The minimum Gasteiger partial charge on any atom is -0.497 e. The van der Waals surface area contributed by atoms with Crippen LogP contribution in [0.1, 0.15) is 58.5 Å². The summed E-state index contributed by atoms with van der Waals surface area (Å²) in [5, 5.41) is 3.97. The summed E-state index contributed by atoms with van der Waals surface area (Å²) in [4.78, 5) is 28.5. The summed E-state index contributed by atoms with van der Waals surface area (Å²) >= 11 is 0. The number of nitrogens with zero attached hydrogens (tertiary/aromatic N) is 2. The Kier molecular flexibility index (Phi) is 8.12. The van der Waals surface area contributed by atoms with Gasteiger partial charge in [0.05, 0.1) is 25.9 Å². The summed E-state index contributed by atoms with van der Waals surface area (Å²) in [6.07, 6.45) is 4.71. The van der Waals surface area contributed by atoms with Gasteiger partial charge >= 0.3 is 0 Å². The summed E-state index contributed by atoms with van der Waals surface area (Å²) < 4.78 is 19.5. The molecule has 0 bridgehead atoms. The minimum atomic E-state index is -0.149. The van der Waals surface area contributed by atoms with E-state index in [0.717, 1.165) is 60.0 Å². The molecule has 2 aliphatic heterocycles. The molecule has 0 saturated carbocycles. The van der Waals surface area contributed by atoms with Crippen molar-refractivity contribution in [1.82, 2.24) is 14.8 Å². The molecular weight excluding hydrogens is 494 g/mol. The Morgan fingerprint density at radius 1 is 1.05 bits per heavy atom. The number of carbonyl (C=O) groups is 2. The summed E-state index contributed by atoms with van der Waals surface area (Å²) in [7, 11) is 3.62. The number of benzene rings is 2. The number of hydrogen-bond donors (Lipinski definition) is 1. The molecule has 1 aromatic heterocycles. The van der Waals surface area contributed by atoms with Crippen LogP contribution in [0.2, 0.25) is 0 Å². The number of fused-ring (bicyclic) bond motifs is 2. The van der Waals surface area contributed by atoms with Crippen LogP contribution < -0.4 is 14.8 Å². The first kappa shape index (κ1) is 27.1. The molecule has 0 unspecified atom stereocenters. The van der Waals surface area contributed by atoms with E-state index in [2.05, 4.69) is 5.32 Å². The van der Waals surface area contributed by atoms with Gasteiger partial charge in [-0.15, -0.1) is 0 Å². The van der Waals surface area contributed by atoms with E-state index in [1.54, 1.807) is 13.2 Å². The lowest BCUT2D eigenvalue weighted by Gasteiger charge is -2.42. The van der Waals surface area contributed by atoms with Gasteiger partial charge < -0.3 is 29.0 Å². The van der Waals surface area contributed by atoms with E-state index in [1.165, 1.54) is 0 Å². The highest BCUT2D eigenvalue weighted by Crippen LogP contribution is 2.39. The van der Waals surface area contributed by atoms with Crippen molar-refractivity contribution < 1.29 is 23.8 Å². The maximum Gasteiger partial charge on any atom is 0.270 e. The highest BCUT2D eigenvalue weighted by atomic mass is 16.5. The molecule has 1 N–H and O–H groups in total. The molecule has 2 aliphatic rings. The monoisotopic (exact) mass is 533 g/mol. The molecule has 5 rings (SSSR count). The number of aryl methyl sites for hydroxylation is 2. The van der Waals surface area contributed by atoms with Crippen molar-refractivity contribution in [3.63, 3.8) is 0 Å². The van der Waals surface area contributed by atoms with Crippen LogP contribution in [-0.4, -0.2) is 67.8 Å². The van der Waals surface area contributed by atoms with Gasteiger partial charge in [0, 0.05) is 49.6 Å². The molecule has 0 aliphatic carbocycles. The molecule has 1 fully saturated rings. The van der Waals surface area contributed by atoms with Crippen molar-refractivity contribution in [2.24, 2.45) is 12.5 Å². The Bertz CT molecular complexity index is 1340. The lowest BCUT2D eigenvalue weighted by molar-refractivity contribution is 0.0335. The lowest BCUT2D eigenvalue weighted by atomic mass is 9.75. The van der Waals surface area contributed by atoms with Crippen LogP contribution in [-0.2, 0) is 11.8 Å². The number of hydrogen-bond acceptors (Lipinski definition) is 5. The molecule has 2 amide bonds. The summed E-state index contributed by atoms with van der Waals surface area (Å²) in [6, 6.07) is 13.4. The van der Waals surface area contributed by atoms with Crippen LogP contribution in [0, 0.1) is 12.3 Å². The predicted molar refractivity (Wildman–Crippen MR) is 151 cm³/mol. The first-order valence-electron chi connectivity index (χ1n) is 13.9. The van der Waals surface area contributed by atoms with Gasteiger partial charge in [-0.05, 0) is 68.5 Å². The largest absolute Gasteiger partial charge is 0.497 e. The SMILES string of the molecule is COc1ccc2c(c1)c(C)c(C(=O)N1CCC3(CCCCOCCNC(=O)c4ccccc4OC3)CC1)n2C. The number of rotatable bonds is 2. The average Bonchev–Trinajstić information content (AvgIpc) is 3.21. The maximum atomic E-state index is 13.8. The van der Waals surface area contributed by atoms with Crippen molar-refractivity contribution in [1.29, 1.82) is 0 Å². The fourth-order valence-electron chi connectivity index (χ4n) is 5.99. The first-order chi connectivity index (χ1) is 18.9. The molecule has 3 heterocycles. The van der Waals surface area contributed by atoms with Crippen LogP contribution in [0.15, 0.2) is 42.5 Å². The van der Waals surface area contributed by atoms with Gasteiger partial charge in [0.15, 0.2) is 0 Å². The van der Waals surface area contributed by atoms with E-state index in [-0.39, 0.29) is 17.2 Å². The Balaban J connectivity index is 1.34. The number of piperidine rings is 1. The molecule has 8 heteroatoms. The number of nitrogens with one attached hydrogen (secondary N) is 1. The molecule has 2 aromatic carbocycles. The lowest BCUT2D eigenvalue weighted by Crippen LogP contribution is -2.46. The maximum absolute atomic E-state index is 13.8. The van der Waals surface area contributed by atoms with E-state index in [0.29, 0.717) is 50.8 Å². The highest BCUT2D eigenvalue weighted by molar-refractivity contribution is 6.02. The van der Waals surface area contributed by atoms with Crippen LogP contribution in [0.5, 0.6) is 11.5 Å². The smallest absolute Gasteiger partial charge is 0.270 e. The second kappa shape index (κ2) is 11.7. The van der Waals surface area contributed by atoms with Crippen LogP contribution in [0.3, 0.4) is 0 Å². The third-order valence-corrected chi connectivity index (χ3v) is 8.42. The van der Waals surface area contributed by atoms with E-state index in [4.69, 9.17) is 14.2 Å². The Labute approximate surface area is 230 Å². The van der Waals surface area contributed by atoms with E-state index < -0.39 is 0 Å². The fraction of sp³-hybridized carbons (Fsp3) is 0.484. The molecule has 39 heavy (non-hydrogen) atoms. The van der Waals surface area contributed by atoms with E-state index in [1.807, 2.05) is 59.8 Å². The number of methoxy groups -OCH3 is 1. The Morgan fingerprint density at radius 2 is 1.85 bits per heavy atom. The zero-order valence-electron chi connectivity index (χ0n) is 23.3. The number of amides is 2. The molecule has 0 radical (unpaired) electrons. The molecule has 1 saturated heterocycles. The average molecular weight is 534 g/mol. The number of carbonyl (C=O) groups excluding carboxylic acids is 2. The second-order valence-corrected chi connectivity index (χ2v) is 10.8. The van der Waals surface area contributed by atoms with Gasteiger partial charge in [0.1, 0.15) is 17.2 Å². The van der Waals surface area contributed by atoms with Crippen LogP contribution >= 0.6 is 0 Å². The van der Waals surface area contributed by atoms with Crippen molar-refractivity contribution in [3.05, 3.63) is 59.3 Å². The van der Waals surface area contributed by atoms with E-state index >= 15 is 0 Å². The molecule has 0 atom stereocenters. The van der Waals surface area contributed by atoms with Crippen molar-refractivity contribution >= 4 is 22.7 Å². The topological polar surface area (TPSA) is 82.0 Å². The number of para-hydroxylation sites is 1. The molecule has 8 nitrogen and oxygen atoms in total. The highest BCUT2D eigenvalue weighted by Gasteiger charge is 2.38. The normalized spacial score (nSPS) is 18.6. The summed E-state index contributed by atoms with van der Waals surface area (Å²) in [6.45, 7) is 5.53. The summed E-state index contributed by atoms with van der Waals surface area (Å²) in [5.74, 6) is 1.31. The van der Waals surface area contributed by atoms with Gasteiger partial charge in [-0.2, -0.15) is 0 Å². The Hall–Kier alpha value is -3.52. The zero-order valence-corrected chi connectivity index (χ0v) is 23.3.